The normalized spacial score (nSPS) is 10.5. The summed E-state index contributed by atoms with van der Waals surface area (Å²) >= 11 is 0. The van der Waals surface area contributed by atoms with Crippen LogP contribution < -0.4 is 0 Å². The molecule has 1 aromatic rings. The van der Waals surface area contributed by atoms with Crippen LogP contribution in [0.3, 0.4) is 0 Å². The fourth-order valence-corrected chi connectivity index (χ4v) is 1.50. The first-order valence-corrected chi connectivity index (χ1v) is 5.06. The van der Waals surface area contributed by atoms with Gasteiger partial charge in [-0.2, -0.15) is 0 Å². The monoisotopic (exact) mass is 175 g/mol. The van der Waals surface area contributed by atoms with Crippen LogP contribution >= 0.6 is 0 Å². The zero-order valence-electron chi connectivity index (χ0n) is 9.15. The lowest BCUT2D eigenvalue weighted by Gasteiger charge is -2.10. The minimum Gasteiger partial charge on any atom is -0.0654 e. The van der Waals surface area contributed by atoms with Crippen molar-refractivity contribution in [3.8, 4) is 0 Å². The Morgan fingerprint density at radius 2 is 1.77 bits per heavy atom. The Labute approximate surface area is 82.0 Å². The standard InChI is InChI=1S/C13H19/c1-5-6-7-13-9-8-10(2)11(3)12(13)4/h7-9H,5-6H2,1-4H3. The summed E-state index contributed by atoms with van der Waals surface area (Å²) in [6.07, 6.45) is 4.75. The van der Waals surface area contributed by atoms with Gasteiger partial charge < -0.3 is 0 Å². The maximum Gasteiger partial charge on any atom is -0.00904 e. The number of benzene rings is 1. The van der Waals surface area contributed by atoms with Crippen LogP contribution in [0.4, 0.5) is 0 Å². The summed E-state index contributed by atoms with van der Waals surface area (Å²) in [6, 6.07) is 4.44. The molecule has 13 heavy (non-hydrogen) atoms. The van der Waals surface area contributed by atoms with Gasteiger partial charge in [0.15, 0.2) is 0 Å². The van der Waals surface area contributed by atoms with Gasteiger partial charge in [-0.25, -0.2) is 0 Å². The summed E-state index contributed by atoms with van der Waals surface area (Å²) in [6.45, 7) is 8.80. The van der Waals surface area contributed by atoms with E-state index in [-0.39, 0.29) is 0 Å². The van der Waals surface area contributed by atoms with E-state index in [9.17, 15) is 0 Å². The van der Waals surface area contributed by atoms with Crippen molar-refractivity contribution in [2.45, 2.75) is 40.5 Å². The van der Waals surface area contributed by atoms with Crippen molar-refractivity contribution < 1.29 is 0 Å². The maximum absolute atomic E-state index is 2.34. The van der Waals surface area contributed by atoms with E-state index < -0.39 is 0 Å². The highest BCUT2D eigenvalue weighted by atomic mass is 14.1. The van der Waals surface area contributed by atoms with Crippen molar-refractivity contribution in [3.63, 3.8) is 0 Å². The van der Waals surface area contributed by atoms with Crippen LogP contribution in [0.15, 0.2) is 12.1 Å². The van der Waals surface area contributed by atoms with Crippen LogP contribution in [-0.4, -0.2) is 0 Å². The van der Waals surface area contributed by atoms with E-state index in [0.29, 0.717) is 0 Å². The third-order valence-corrected chi connectivity index (χ3v) is 2.75. The lowest BCUT2D eigenvalue weighted by Crippen LogP contribution is -1.93. The minimum atomic E-state index is 1.18. The van der Waals surface area contributed by atoms with Gasteiger partial charge in [-0.1, -0.05) is 25.5 Å². The highest BCUT2D eigenvalue weighted by Crippen LogP contribution is 2.19. The van der Waals surface area contributed by atoms with Crippen LogP contribution in [0.5, 0.6) is 0 Å². The van der Waals surface area contributed by atoms with Crippen molar-refractivity contribution in [2.75, 3.05) is 0 Å². The first kappa shape index (κ1) is 10.3. The van der Waals surface area contributed by atoms with Gasteiger partial charge >= 0.3 is 0 Å². The van der Waals surface area contributed by atoms with Crippen molar-refractivity contribution in [2.24, 2.45) is 0 Å². The molecule has 0 aromatic heterocycles. The summed E-state index contributed by atoms with van der Waals surface area (Å²) in [5.74, 6) is 0. The molecule has 0 saturated carbocycles. The Bertz CT molecular complexity index is 284. The smallest absolute Gasteiger partial charge is 0.00904 e. The van der Waals surface area contributed by atoms with Gasteiger partial charge in [-0.3, -0.25) is 0 Å². The molecule has 0 atom stereocenters. The van der Waals surface area contributed by atoms with Gasteiger partial charge in [0.25, 0.3) is 0 Å². The molecule has 0 N–H and O–H groups in total. The molecule has 0 heteroatoms. The third kappa shape index (κ3) is 2.33. The fourth-order valence-electron chi connectivity index (χ4n) is 1.50. The SMILES string of the molecule is CCC[CH]c1ccc(C)c(C)c1C. The quantitative estimate of drug-likeness (QED) is 0.652. The number of hydrogen-bond donors (Lipinski definition) is 0. The van der Waals surface area contributed by atoms with E-state index in [1.807, 2.05) is 0 Å². The highest BCUT2D eigenvalue weighted by Gasteiger charge is 2.02. The van der Waals surface area contributed by atoms with Crippen molar-refractivity contribution >= 4 is 0 Å². The Morgan fingerprint density at radius 1 is 1.08 bits per heavy atom. The molecule has 0 spiro atoms. The van der Waals surface area contributed by atoms with E-state index in [1.165, 1.54) is 35.1 Å². The van der Waals surface area contributed by atoms with Crippen LogP contribution in [-0.2, 0) is 0 Å². The maximum atomic E-state index is 2.34. The Morgan fingerprint density at radius 3 is 2.38 bits per heavy atom. The van der Waals surface area contributed by atoms with E-state index in [0.717, 1.165) is 0 Å². The van der Waals surface area contributed by atoms with Crippen LogP contribution in [0.1, 0.15) is 42.0 Å². The van der Waals surface area contributed by atoms with E-state index in [4.69, 9.17) is 0 Å². The molecular weight excluding hydrogens is 156 g/mol. The molecule has 0 unspecified atom stereocenters. The minimum absolute atomic E-state index is 1.18. The summed E-state index contributed by atoms with van der Waals surface area (Å²) in [7, 11) is 0. The number of rotatable bonds is 3. The molecule has 0 bridgehead atoms. The van der Waals surface area contributed by atoms with Crippen molar-refractivity contribution in [3.05, 3.63) is 40.8 Å². The van der Waals surface area contributed by atoms with Gasteiger partial charge in [0.1, 0.15) is 0 Å². The molecule has 0 amide bonds. The van der Waals surface area contributed by atoms with Crippen molar-refractivity contribution in [1.29, 1.82) is 0 Å². The van der Waals surface area contributed by atoms with Crippen LogP contribution in [0.2, 0.25) is 0 Å². The molecule has 1 rings (SSSR count). The van der Waals surface area contributed by atoms with Crippen LogP contribution in [0, 0.1) is 27.2 Å². The Kier molecular flexibility index (Phi) is 3.53. The largest absolute Gasteiger partial charge is 0.0654 e. The Hall–Kier alpha value is -0.780. The first-order chi connectivity index (χ1) is 6.16. The van der Waals surface area contributed by atoms with E-state index in [2.05, 4.69) is 46.2 Å². The molecule has 0 heterocycles. The van der Waals surface area contributed by atoms with Crippen LogP contribution in [0.25, 0.3) is 0 Å². The number of unbranched alkanes of at least 4 members (excludes halogenated alkanes) is 1. The van der Waals surface area contributed by atoms with Gasteiger partial charge in [0.2, 0.25) is 0 Å². The molecule has 0 aliphatic heterocycles. The second-order valence-corrected chi connectivity index (χ2v) is 3.71. The summed E-state index contributed by atoms with van der Waals surface area (Å²) in [5.41, 5.74) is 5.68. The van der Waals surface area contributed by atoms with Gasteiger partial charge in [-0.05, 0) is 55.9 Å². The second kappa shape index (κ2) is 4.45. The molecule has 0 aliphatic rings. The van der Waals surface area contributed by atoms with E-state index >= 15 is 0 Å². The van der Waals surface area contributed by atoms with E-state index in [1.54, 1.807) is 0 Å². The van der Waals surface area contributed by atoms with Gasteiger partial charge in [0.05, 0.1) is 0 Å². The molecule has 0 nitrogen and oxygen atoms in total. The molecular formula is C13H19. The molecule has 0 fully saturated rings. The predicted octanol–water partition coefficient (Wildman–Crippen LogP) is 3.96. The number of hydrogen-bond acceptors (Lipinski definition) is 0. The number of aryl methyl sites for hydroxylation is 1. The molecule has 0 saturated heterocycles. The highest BCUT2D eigenvalue weighted by molar-refractivity contribution is 5.41. The lowest BCUT2D eigenvalue weighted by molar-refractivity contribution is 0.909. The molecule has 1 aromatic carbocycles. The summed E-state index contributed by atoms with van der Waals surface area (Å²) in [4.78, 5) is 0. The third-order valence-electron chi connectivity index (χ3n) is 2.75. The molecule has 0 aliphatic carbocycles. The molecule has 1 radical (unpaired) electrons. The van der Waals surface area contributed by atoms with Crippen molar-refractivity contribution in [1.82, 2.24) is 0 Å². The first-order valence-electron chi connectivity index (χ1n) is 5.06. The van der Waals surface area contributed by atoms with Gasteiger partial charge in [-0.15, -0.1) is 0 Å². The average molecular weight is 175 g/mol. The topological polar surface area (TPSA) is 0 Å². The fraction of sp³-hybridized carbons (Fsp3) is 0.462. The summed E-state index contributed by atoms with van der Waals surface area (Å²) in [5, 5.41) is 0. The summed E-state index contributed by atoms with van der Waals surface area (Å²) < 4.78 is 0. The predicted molar refractivity (Wildman–Crippen MR) is 59.0 cm³/mol. The Balaban J connectivity index is 2.90. The second-order valence-electron chi connectivity index (χ2n) is 3.71. The average Bonchev–Trinajstić information content (AvgIpc) is 2.13. The zero-order chi connectivity index (χ0) is 9.84. The van der Waals surface area contributed by atoms with Gasteiger partial charge in [0, 0.05) is 0 Å². The lowest BCUT2D eigenvalue weighted by atomic mass is 9.96. The zero-order valence-corrected chi connectivity index (χ0v) is 9.15. The molecule has 71 valence electrons.